The molecule has 0 aliphatic rings. The fourth-order valence-electron chi connectivity index (χ4n) is 1.66. The van der Waals surface area contributed by atoms with E-state index >= 15 is 0 Å². The summed E-state index contributed by atoms with van der Waals surface area (Å²) < 4.78 is 32.1. The lowest BCUT2D eigenvalue weighted by molar-refractivity contribution is 0.483. The van der Waals surface area contributed by atoms with Crippen molar-refractivity contribution < 1.29 is 12.6 Å². The van der Waals surface area contributed by atoms with Gasteiger partial charge in [0.15, 0.2) is 5.15 Å². The standard InChI is InChI=1S/C11H9ClN6O3S/c1-17-6-13-11(10(17)12)22(19,20)21-9-4-2-8(3-5-9)18-7-14-15-16-18/h2-7H,1H3. The van der Waals surface area contributed by atoms with Crippen LogP contribution in [0.3, 0.4) is 0 Å². The van der Waals surface area contributed by atoms with E-state index in [1.165, 1.54) is 34.0 Å². The lowest BCUT2D eigenvalue weighted by Gasteiger charge is -2.06. The molecule has 22 heavy (non-hydrogen) atoms. The molecule has 9 nitrogen and oxygen atoms in total. The Hall–Kier alpha value is -2.46. The largest absolute Gasteiger partial charge is 0.378 e. The molecule has 0 spiro atoms. The molecule has 0 amide bonds. The Bertz CT molecular complexity index is 889. The van der Waals surface area contributed by atoms with E-state index in [9.17, 15) is 8.42 Å². The van der Waals surface area contributed by atoms with E-state index in [0.717, 1.165) is 0 Å². The van der Waals surface area contributed by atoms with Crippen molar-refractivity contribution in [1.82, 2.24) is 29.8 Å². The number of rotatable bonds is 4. The van der Waals surface area contributed by atoms with E-state index in [1.54, 1.807) is 19.2 Å². The summed E-state index contributed by atoms with van der Waals surface area (Å²) in [6.45, 7) is 0. The van der Waals surface area contributed by atoms with E-state index in [1.807, 2.05) is 0 Å². The lowest BCUT2D eigenvalue weighted by Crippen LogP contribution is -2.11. The monoisotopic (exact) mass is 340 g/mol. The molecule has 0 atom stereocenters. The van der Waals surface area contributed by atoms with Crippen molar-refractivity contribution in [3.63, 3.8) is 0 Å². The number of aromatic nitrogens is 6. The van der Waals surface area contributed by atoms with Crippen molar-refractivity contribution in [1.29, 1.82) is 0 Å². The van der Waals surface area contributed by atoms with E-state index in [2.05, 4.69) is 20.5 Å². The summed E-state index contributed by atoms with van der Waals surface area (Å²) in [6, 6.07) is 6.18. The van der Waals surface area contributed by atoms with Crippen LogP contribution >= 0.6 is 11.6 Å². The second-order valence-electron chi connectivity index (χ2n) is 4.24. The van der Waals surface area contributed by atoms with Crippen LogP contribution < -0.4 is 4.18 Å². The molecular weight excluding hydrogens is 332 g/mol. The van der Waals surface area contributed by atoms with E-state index < -0.39 is 10.1 Å². The average Bonchev–Trinajstić information content (AvgIpc) is 3.11. The molecule has 0 fully saturated rings. The summed E-state index contributed by atoms with van der Waals surface area (Å²) in [4.78, 5) is 3.73. The Kier molecular flexibility index (Phi) is 3.54. The van der Waals surface area contributed by atoms with Gasteiger partial charge in [0.05, 0.1) is 12.0 Å². The fraction of sp³-hybridized carbons (Fsp3) is 0.0909. The third-order valence-electron chi connectivity index (χ3n) is 2.73. The number of tetrazole rings is 1. The number of halogens is 1. The van der Waals surface area contributed by atoms with Gasteiger partial charge in [0.1, 0.15) is 12.1 Å². The molecule has 0 bridgehead atoms. The van der Waals surface area contributed by atoms with Crippen LogP contribution in [0.2, 0.25) is 5.15 Å². The molecule has 3 rings (SSSR count). The average molecular weight is 341 g/mol. The Balaban J connectivity index is 1.85. The fourth-order valence-corrected chi connectivity index (χ4v) is 3.01. The first-order chi connectivity index (χ1) is 10.5. The van der Waals surface area contributed by atoms with Gasteiger partial charge in [-0.15, -0.1) is 5.10 Å². The second-order valence-corrected chi connectivity index (χ2v) is 6.06. The highest BCUT2D eigenvalue weighted by Gasteiger charge is 2.24. The molecule has 0 saturated heterocycles. The number of hydrogen-bond donors (Lipinski definition) is 0. The minimum Gasteiger partial charge on any atom is -0.378 e. The van der Waals surface area contributed by atoms with Crippen LogP contribution in [-0.2, 0) is 17.2 Å². The van der Waals surface area contributed by atoms with Gasteiger partial charge in [-0.05, 0) is 34.7 Å². The van der Waals surface area contributed by atoms with Gasteiger partial charge in [-0.25, -0.2) is 9.67 Å². The van der Waals surface area contributed by atoms with Crippen molar-refractivity contribution in [2.24, 2.45) is 7.05 Å². The molecule has 2 aromatic heterocycles. The highest BCUT2D eigenvalue weighted by molar-refractivity contribution is 7.87. The SMILES string of the molecule is Cn1cnc(S(=O)(=O)Oc2ccc(-n3cnnn3)cc2)c1Cl. The van der Waals surface area contributed by atoms with Crippen molar-refractivity contribution in [2.75, 3.05) is 0 Å². The molecule has 3 aromatic rings. The van der Waals surface area contributed by atoms with Gasteiger partial charge in [0.2, 0.25) is 5.03 Å². The number of aryl methyl sites for hydroxylation is 1. The quantitative estimate of drug-likeness (QED) is 0.647. The molecule has 2 heterocycles. The van der Waals surface area contributed by atoms with Crippen LogP contribution in [0.25, 0.3) is 5.69 Å². The molecule has 0 aliphatic carbocycles. The smallest absolute Gasteiger partial charge is 0.360 e. The highest BCUT2D eigenvalue weighted by Crippen LogP contribution is 2.23. The van der Waals surface area contributed by atoms with Gasteiger partial charge in [-0.1, -0.05) is 11.6 Å². The predicted octanol–water partition coefficient (Wildman–Crippen LogP) is 0.817. The maximum absolute atomic E-state index is 12.1. The third kappa shape index (κ3) is 2.65. The van der Waals surface area contributed by atoms with Crippen LogP contribution in [0.4, 0.5) is 0 Å². The summed E-state index contributed by atoms with van der Waals surface area (Å²) in [5.74, 6) is 0.124. The molecule has 114 valence electrons. The third-order valence-corrected chi connectivity index (χ3v) is 4.47. The highest BCUT2D eigenvalue weighted by atomic mass is 35.5. The molecule has 11 heteroatoms. The van der Waals surface area contributed by atoms with Crippen LogP contribution in [-0.4, -0.2) is 38.2 Å². The minimum atomic E-state index is -4.10. The van der Waals surface area contributed by atoms with Crippen LogP contribution in [0, 0.1) is 0 Å². The maximum Gasteiger partial charge on any atom is 0.360 e. The number of benzene rings is 1. The van der Waals surface area contributed by atoms with Crippen LogP contribution in [0.1, 0.15) is 0 Å². The lowest BCUT2D eigenvalue weighted by atomic mass is 10.3. The Morgan fingerprint density at radius 2 is 1.91 bits per heavy atom. The Labute approximate surface area is 130 Å². The molecule has 0 unspecified atom stereocenters. The Morgan fingerprint density at radius 3 is 2.45 bits per heavy atom. The number of imidazole rings is 1. The normalized spacial score (nSPS) is 11.5. The first kappa shape index (κ1) is 14.5. The van der Waals surface area contributed by atoms with Gasteiger partial charge in [0.25, 0.3) is 0 Å². The predicted molar refractivity (Wildman–Crippen MR) is 75.2 cm³/mol. The molecule has 0 radical (unpaired) electrons. The van der Waals surface area contributed by atoms with Crippen LogP contribution in [0.15, 0.2) is 41.9 Å². The van der Waals surface area contributed by atoms with Crippen LogP contribution in [0.5, 0.6) is 5.75 Å². The molecule has 0 N–H and O–H groups in total. The van der Waals surface area contributed by atoms with E-state index in [4.69, 9.17) is 15.8 Å². The summed E-state index contributed by atoms with van der Waals surface area (Å²) >= 11 is 5.87. The van der Waals surface area contributed by atoms with E-state index in [-0.39, 0.29) is 15.9 Å². The second kappa shape index (κ2) is 5.39. The number of hydrogen-bond acceptors (Lipinski definition) is 7. The van der Waals surface area contributed by atoms with Crippen molar-refractivity contribution in [3.05, 3.63) is 42.1 Å². The molecular formula is C11H9ClN6O3S. The maximum atomic E-state index is 12.1. The van der Waals surface area contributed by atoms with Crippen molar-refractivity contribution in [2.45, 2.75) is 5.03 Å². The van der Waals surface area contributed by atoms with Crippen molar-refractivity contribution >= 4 is 21.7 Å². The number of nitrogens with zero attached hydrogens (tertiary/aromatic N) is 6. The molecule has 0 saturated carbocycles. The van der Waals surface area contributed by atoms with Gasteiger partial charge in [-0.2, -0.15) is 8.42 Å². The van der Waals surface area contributed by atoms with E-state index in [0.29, 0.717) is 5.69 Å². The van der Waals surface area contributed by atoms with Gasteiger partial charge >= 0.3 is 10.1 Å². The van der Waals surface area contributed by atoms with Gasteiger partial charge < -0.3 is 8.75 Å². The summed E-state index contributed by atoms with van der Waals surface area (Å²) in [7, 11) is -2.52. The summed E-state index contributed by atoms with van der Waals surface area (Å²) in [5.41, 5.74) is 0.658. The molecule has 0 aliphatic heterocycles. The zero-order chi connectivity index (χ0) is 15.7. The first-order valence-electron chi connectivity index (χ1n) is 5.92. The summed E-state index contributed by atoms with van der Waals surface area (Å²) in [5, 5.41) is 10.4. The summed E-state index contributed by atoms with van der Waals surface area (Å²) in [6.07, 6.45) is 2.71. The first-order valence-corrected chi connectivity index (χ1v) is 7.71. The zero-order valence-electron chi connectivity index (χ0n) is 11.2. The molecule has 1 aromatic carbocycles. The Morgan fingerprint density at radius 1 is 1.18 bits per heavy atom. The van der Waals surface area contributed by atoms with Crippen molar-refractivity contribution in [3.8, 4) is 11.4 Å². The minimum absolute atomic E-state index is 0.0229. The zero-order valence-corrected chi connectivity index (χ0v) is 12.7. The van der Waals surface area contributed by atoms with Gasteiger partial charge in [0, 0.05) is 7.05 Å². The van der Waals surface area contributed by atoms with Gasteiger partial charge in [-0.3, -0.25) is 0 Å². The topological polar surface area (TPSA) is 105 Å².